The van der Waals surface area contributed by atoms with Crippen molar-refractivity contribution in [3.8, 4) is 0 Å². The van der Waals surface area contributed by atoms with E-state index in [4.69, 9.17) is 4.42 Å². The highest BCUT2D eigenvalue weighted by Gasteiger charge is 2.51. The lowest BCUT2D eigenvalue weighted by Gasteiger charge is -2.27. The summed E-state index contributed by atoms with van der Waals surface area (Å²) in [5, 5.41) is 4.04. The van der Waals surface area contributed by atoms with Crippen LogP contribution in [-0.4, -0.2) is 35.5 Å². The van der Waals surface area contributed by atoms with Gasteiger partial charge in [0.15, 0.2) is 0 Å². The summed E-state index contributed by atoms with van der Waals surface area (Å²) in [7, 11) is 1.92. The van der Waals surface area contributed by atoms with Crippen LogP contribution >= 0.6 is 0 Å². The molecule has 162 valence electrons. The van der Waals surface area contributed by atoms with Gasteiger partial charge in [0, 0.05) is 23.9 Å². The van der Waals surface area contributed by atoms with Crippen LogP contribution in [0, 0.1) is 6.92 Å². The lowest BCUT2D eigenvalue weighted by molar-refractivity contribution is -0.133. The number of carbonyl (C=O) groups excluding carboxylic acids is 2. The van der Waals surface area contributed by atoms with E-state index in [1.165, 1.54) is 4.90 Å². The molecule has 2 aromatic carbocycles. The number of fused-ring (bicyclic) bond motifs is 1. The Kier molecular flexibility index (Phi) is 5.58. The quantitative estimate of drug-likeness (QED) is 0.571. The Bertz CT molecular complexity index is 1120. The molecule has 1 atom stereocenters. The maximum Gasteiger partial charge on any atom is 0.326 e. The number of urea groups is 1. The van der Waals surface area contributed by atoms with Gasteiger partial charge in [-0.05, 0) is 32.0 Å². The predicted molar refractivity (Wildman–Crippen MR) is 120 cm³/mol. The molecule has 0 unspecified atom stereocenters. The Balaban J connectivity index is 1.56. The zero-order valence-corrected chi connectivity index (χ0v) is 18.6. The van der Waals surface area contributed by atoms with Crippen molar-refractivity contribution in [1.82, 2.24) is 15.1 Å². The van der Waals surface area contributed by atoms with E-state index in [2.05, 4.69) is 12.2 Å². The number of aryl methyl sites for hydroxylation is 2. The normalized spacial score (nSPS) is 18.9. The van der Waals surface area contributed by atoms with Gasteiger partial charge < -0.3 is 9.73 Å². The third-order valence-corrected chi connectivity index (χ3v) is 6.16. The largest absolute Gasteiger partial charge is 0.461 e. The maximum absolute atomic E-state index is 13.4. The van der Waals surface area contributed by atoms with Crippen LogP contribution in [0.5, 0.6) is 0 Å². The van der Waals surface area contributed by atoms with Crippen molar-refractivity contribution < 1.29 is 14.0 Å². The molecular weight excluding hydrogens is 390 g/mol. The molecule has 1 aromatic heterocycles. The molecule has 31 heavy (non-hydrogen) atoms. The van der Waals surface area contributed by atoms with E-state index in [-0.39, 0.29) is 18.6 Å². The predicted octanol–water partition coefficient (Wildman–Crippen LogP) is 4.55. The number of hydrogen-bond donors (Lipinski definition) is 1. The van der Waals surface area contributed by atoms with Crippen molar-refractivity contribution in [3.05, 3.63) is 71.0 Å². The van der Waals surface area contributed by atoms with Crippen molar-refractivity contribution in [1.29, 1.82) is 0 Å². The van der Waals surface area contributed by atoms with E-state index in [0.717, 1.165) is 39.8 Å². The summed E-state index contributed by atoms with van der Waals surface area (Å²) in [4.78, 5) is 29.5. The van der Waals surface area contributed by atoms with Gasteiger partial charge >= 0.3 is 6.03 Å². The van der Waals surface area contributed by atoms with Gasteiger partial charge in [0.2, 0.25) is 0 Å². The maximum atomic E-state index is 13.4. The first kappa shape index (κ1) is 21.1. The summed E-state index contributed by atoms with van der Waals surface area (Å²) in [6.07, 6.45) is 1.28. The molecule has 6 nitrogen and oxygen atoms in total. The molecule has 1 aliphatic rings. The van der Waals surface area contributed by atoms with E-state index in [1.54, 1.807) is 0 Å². The number of nitrogens with one attached hydrogen (secondary N) is 1. The minimum atomic E-state index is -1.01. The zero-order chi connectivity index (χ0) is 22.2. The number of rotatable bonds is 7. The molecule has 1 fully saturated rings. The lowest BCUT2D eigenvalue weighted by Crippen LogP contribution is -2.44. The van der Waals surface area contributed by atoms with Gasteiger partial charge in [-0.15, -0.1) is 0 Å². The third kappa shape index (κ3) is 3.61. The minimum absolute atomic E-state index is 0.205. The average molecular weight is 420 g/mol. The second-order valence-corrected chi connectivity index (χ2v) is 8.30. The van der Waals surface area contributed by atoms with Crippen LogP contribution in [0.3, 0.4) is 0 Å². The SMILES string of the molecule is CCc1oc2ccccc2c1CN(C)CN1C(=O)N[C@@](CC)(c2ccc(C)cc2)C1=O. The van der Waals surface area contributed by atoms with Gasteiger partial charge in [-0.2, -0.15) is 0 Å². The van der Waals surface area contributed by atoms with Crippen LogP contribution in [0.25, 0.3) is 11.0 Å². The first-order chi connectivity index (χ1) is 14.9. The van der Waals surface area contributed by atoms with Crippen LogP contribution in [0.2, 0.25) is 0 Å². The van der Waals surface area contributed by atoms with Crippen LogP contribution in [-0.2, 0) is 23.3 Å². The standard InChI is InChI=1S/C25H29N3O3/c1-5-21-20(19-9-7-8-10-22(19)31-21)15-27(4)16-28-23(29)25(6-2,26-24(28)30)18-13-11-17(3)12-14-18/h7-14H,5-6,15-16H2,1-4H3,(H,26,30)/t25-/m0/s1. The molecule has 1 saturated heterocycles. The number of carbonyl (C=O) groups is 2. The number of imide groups is 1. The van der Waals surface area contributed by atoms with E-state index < -0.39 is 5.54 Å². The summed E-state index contributed by atoms with van der Waals surface area (Å²) in [5.41, 5.74) is 2.89. The molecule has 4 rings (SSSR count). The molecule has 6 heteroatoms. The second kappa shape index (κ2) is 8.19. The first-order valence-corrected chi connectivity index (χ1v) is 10.8. The summed E-state index contributed by atoms with van der Waals surface area (Å²) >= 11 is 0. The Labute approximate surface area is 182 Å². The molecule has 3 aromatic rings. The van der Waals surface area contributed by atoms with Crippen molar-refractivity contribution in [2.24, 2.45) is 0 Å². The van der Waals surface area contributed by atoms with Gasteiger partial charge in [0.05, 0.1) is 6.67 Å². The zero-order valence-electron chi connectivity index (χ0n) is 18.6. The molecule has 0 bridgehead atoms. The third-order valence-electron chi connectivity index (χ3n) is 6.16. The number of hydrogen-bond acceptors (Lipinski definition) is 4. The highest BCUT2D eigenvalue weighted by molar-refractivity contribution is 6.07. The lowest BCUT2D eigenvalue weighted by atomic mass is 9.87. The molecule has 2 heterocycles. The Morgan fingerprint density at radius 1 is 1.06 bits per heavy atom. The van der Waals surface area contributed by atoms with E-state index in [1.807, 2.05) is 74.3 Å². The van der Waals surface area contributed by atoms with Gasteiger partial charge in [-0.3, -0.25) is 9.69 Å². The Morgan fingerprint density at radius 3 is 2.45 bits per heavy atom. The van der Waals surface area contributed by atoms with Crippen molar-refractivity contribution in [2.45, 2.75) is 45.7 Å². The summed E-state index contributed by atoms with van der Waals surface area (Å²) in [6, 6.07) is 15.4. The van der Waals surface area contributed by atoms with Crippen LogP contribution in [0.4, 0.5) is 4.79 Å². The van der Waals surface area contributed by atoms with E-state index in [0.29, 0.717) is 13.0 Å². The minimum Gasteiger partial charge on any atom is -0.461 e. The number of nitrogens with zero attached hydrogens (tertiary/aromatic N) is 2. The summed E-state index contributed by atoms with van der Waals surface area (Å²) < 4.78 is 5.99. The van der Waals surface area contributed by atoms with E-state index >= 15 is 0 Å². The number of benzene rings is 2. The fraction of sp³-hybridized carbons (Fsp3) is 0.360. The molecular formula is C25H29N3O3. The highest BCUT2D eigenvalue weighted by atomic mass is 16.3. The molecule has 1 N–H and O–H groups in total. The van der Waals surface area contributed by atoms with Crippen molar-refractivity contribution in [3.63, 3.8) is 0 Å². The number of amides is 3. The van der Waals surface area contributed by atoms with Crippen LogP contribution in [0.15, 0.2) is 52.9 Å². The fourth-order valence-corrected chi connectivity index (χ4v) is 4.40. The van der Waals surface area contributed by atoms with Crippen molar-refractivity contribution >= 4 is 22.9 Å². The second-order valence-electron chi connectivity index (χ2n) is 8.30. The molecule has 3 amide bonds. The smallest absolute Gasteiger partial charge is 0.326 e. The summed E-state index contributed by atoms with van der Waals surface area (Å²) in [6.45, 7) is 6.79. The van der Waals surface area contributed by atoms with Crippen molar-refractivity contribution in [2.75, 3.05) is 13.7 Å². The molecule has 0 radical (unpaired) electrons. The van der Waals surface area contributed by atoms with Gasteiger partial charge in [-0.25, -0.2) is 9.69 Å². The molecule has 0 saturated carbocycles. The van der Waals surface area contributed by atoms with Crippen LogP contribution in [0.1, 0.15) is 42.7 Å². The number of furan rings is 1. The van der Waals surface area contributed by atoms with Crippen LogP contribution < -0.4 is 5.32 Å². The fourth-order valence-electron chi connectivity index (χ4n) is 4.40. The Morgan fingerprint density at radius 2 is 1.77 bits per heavy atom. The van der Waals surface area contributed by atoms with Gasteiger partial charge in [0.1, 0.15) is 16.9 Å². The van der Waals surface area contributed by atoms with Gasteiger partial charge in [0.25, 0.3) is 5.91 Å². The summed E-state index contributed by atoms with van der Waals surface area (Å²) in [5.74, 6) is 0.733. The first-order valence-electron chi connectivity index (χ1n) is 10.8. The monoisotopic (exact) mass is 419 g/mol. The Hall–Kier alpha value is -3.12. The highest BCUT2D eigenvalue weighted by Crippen LogP contribution is 2.33. The topological polar surface area (TPSA) is 65.8 Å². The molecule has 0 spiro atoms. The van der Waals surface area contributed by atoms with Gasteiger partial charge in [-0.1, -0.05) is 61.9 Å². The average Bonchev–Trinajstić information content (AvgIpc) is 3.24. The molecule has 1 aliphatic heterocycles. The van der Waals surface area contributed by atoms with E-state index in [9.17, 15) is 9.59 Å². The molecule has 0 aliphatic carbocycles. The number of para-hydroxylation sites is 1.